The molecule has 1 fully saturated rings. The number of benzene rings is 1. The van der Waals surface area contributed by atoms with Gasteiger partial charge in [-0.3, -0.25) is 4.40 Å². The minimum atomic E-state index is -0.378. The summed E-state index contributed by atoms with van der Waals surface area (Å²) >= 11 is 0. The van der Waals surface area contributed by atoms with Gasteiger partial charge in [0, 0.05) is 24.3 Å². The summed E-state index contributed by atoms with van der Waals surface area (Å²) in [5, 5.41) is 22.3. The second-order valence-electron chi connectivity index (χ2n) is 7.00. The normalized spacial score (nSPS) is 18.3. The summed E-state index contributed by atoms with van der Waals surface area (Å²) in [6, 6.07) is 6.81. The van der Waals surface area contributed by atoms with Crippen LogP contribution in [0.2, 0.25) is 0 Å². The maximum atomic E-state index is 14.0. The summed E-state index contributed by atoms with van der Waals surface area (Å²) in [5.74, 6) is 0.272. The van der Waals surface area contributed by atoms with Crippen molar-refractivity contribution in [2.75, 3.05) is 25.5 Å². The molecule has 1 saturated heterocycles. The van der Waals surface area contributed by atoms with Gasteiger partial charge >= 0.3 is 0 Å². The van der Waals surface area contributed by atoms with Gasteiger partial charge in [-0.2, -0.15) is 0 Å². The standard InChI is InChI=1S/C19H22FN5O/c1-12-9-17(26)14(10-15(12)20)18-16-6-4-8-25(16)19(23-22-18)21-13-5-3-7-24(2)11-13/h4,6,8-10,13,26H,3,5,7,11H2,1-2H3,(H,21,23)/t13-/m1/s1. The minimum Gasteiger partial charge on any atom is -0.507 e. The van der Waals surface area contributed by atoms with Gasteiger partial charge in [0.15, 0.2) is 0 Å². The van der Waals surface area contributed by atoms with Gasteiger partial charge in [-0.1, -0.05) is 0 Å². The molecule has 3 heterocycles. The van der Waals surface area contributed by atoms with Crippen molar-refractivity contribution in [3.8, 4) is 17.0 Å². The van der Waals surface area contributed by atoms with Crippen molar-refractivity contribution in [3.63, 3.8) is 0 Å². The van der Waals surface area contributed by atoms with E-state index in [0.29, 0.717) is 28.8 Å². The third-order valence-electron chi connectivity index (χ3n) is 4.95. The van der Waals surface area contributed by atoms with Gasteiger partial charge in [0.25, 0.3) is 0 Å². The van der Waals surface area contributed by atoms with Crippen molar-refractivity contribution in [2.24, 2.45) is 0 Å². The lowest BCUT2D eigenvalue weighted by Crippen LogP contribution is -2.40. The lowest BCUT2D eigenvalue weighted by Gasteiger charge is -2.30. The average Bonchev–Trinajstić information content (AvgIpc) is 3.09. The Morgan fingerprint density at radius 3 is 2.96 bits per heavy atom. The number of halogens is 1. The topological polar surface area (TPSA) is 65.7 Å². The highest BCUT2D eigenvalue weighted by molar-refractivity contribution is 5.81. The molecule has 7 heteroatoms. The van der Waals surface area contributed by atoms with Crippen molar-refractivity contribution in [1.82, 2.24) is 19.5 Å². The molecule has 6 nitrogen and oxygen atoms in total. The van der Waals surface area contributed by atoms with Crippen LogP contribution in [-0.2, 0) is 0 Å². The number of hydrogen-bond acceptors (Lipinski definition) is 5. The predicted molar refractivity (Wildman–Crippen MR) is 98.9 cm³/mol. The number of phenols is 1. The first kappa shape index (κ1) is 16.8. The fourth-order valence-corrected chi connectivity index (χ4v) is 3.57. The SMILES string of the molecule is Cc1cc(O)c(-c2nnc(N[C@@H]3CCCN(C)C3)n3cccc23)cc1F. The molecule has 0 amide bonds. The van der Waals surface area contributed by atoms with Gasteiger partial charge in [0.1, 0.15) is 17.3 Å². The lowest BCUT2D eigenvalue weighted by atomic mass is 10.1. The highest BCUT2D eigenvalue weighted by atomic mass is 19.1. The Kier molecular flexibility index (Phi) is 4.24. The van der Waals surface area contributed by atoms with E-state index < -0.39 is 0 Å². The zero-order valence-corrected chi connectivity index (χ0v) is 14.9. The molecule has 0 aliphatic carbocycles. The van der Waals surface area contributed by atoms with E-state index in [9.17, 15) is 9.50 Å². The van der Waals surface area contributed by atoms with Crippen LogP contribution in [0.3, 0.4) is 0 Å². The van der Waals surface area contributed by atoms with Crippen LogP contribution in [0.5, 0.6) is 5.75 Å². The van der Waals surface area contributed by atoms with E-state index in [4.69, 9.17) is 0 Å². The Labute approximate surface area is 151 Å². The van der Waals surface area contributed by atoms with Crippen LogP contribution >= 0.6 is 0 Å². The number of phenolic OH excluding ortho intramolecular Hbond substituents is 1. The molecule has 4 rings (SSSR count). The number of fused-ring (bicyclic) bond motifs is 1. The number of aromatic nitrogens is 3. The second kappa shape index (κ2) is 6.57. The molecule has 0 bridgehead atoms. The molecule has 2 N–H and O–H groups in total. The number of likely N-dealkylation sites (tertiary alicyclic amines) is 1. The van der Waals surface area contributed by atoms with Gasteiger partial charge in [-0.05, 0) is 63.2 Å². The van der Waals surface area contributed by atoms with E-state index in [2.05, 4.69) is 27.5 Å². The van der Waals surface area contributed by atoms with Crippen molar-refractivity contribution in [1.29, 1.82) is 0 Å². The van der Waals surface area contributed by atoms with Crippen molar-refractivity contribution in [2.45, 2.75) is 25.8 Å². The number of aromatic hydroxyl groups is 1. The van der Waals surface area contributed by atoms with Crippen molar-refractivity contribution < 1.29 is 9.50 Å². The quantitative estimate of drug-likeness (QED) is 0.756. The monoisotopic (exact) mass is 355 g/mol. The van der Waals surface area contributed by atoms with E-state index >= 15 is 0 Å². The predicted octanol–water partition coefficient (Wildman–Crippen LogP) is 3.06. The van der Waals surface area contributed by atoms with Crippen LogP contribution in [0.25, 0.3) is 16.8 Å². The molecule has 0 radical (unpaired) electrons. The lowest BCUT2D eigenvalue weighted by molar-refractivity contribution is 0.260. The third-order valence-corrected chi connectivity index (χ3v) is 4.95. The molecular formula is C19H22FN5O. The number of hydrogen-bond donors (Lipinski definition) is 2. The number of rotatable bonds is 3. The number of piperidine rings is 1. The highest BCUT2D eigenvalue weighted by Gasteiger charge is 2.20. The van der Waals surface area contributed by atoms with E-state index in [1.807, 2.05) is 22.7 Å². The fourth-order valence-electron chi connectivity index (χ4n) is 3.57. The minimum absolute atomic E-state index is 0.00378. The summed E-state index contributed by atoms with van der Waals surface area (Å²) in [7, 11) is 2.11. The largest absolute Gasteiger partial charge is 0.507 e. The molecule has 0 unspecified atom stereocenters. The van der Waals surface area contributed by atoms with Crippen LogP contribution in [0.1, 0.15) is 18.4 Å². The first-order valence-corrected chi connectivity index (χ1v) is 8.81. The molecular weight excluding hydrogens is 333 g/mol. The summed E-state index contributed by atoms with van der Waals surface area (Å²) in [6.45, 7) is 3.68. The molecule has 1 aliphatic rings. The molecule has 2 aromatic heterocycles. The second-order valence-corrected chi connectivity index (χ2v) is 7.00. The van der Waals surface area contributed by atoms with Gasteiger partial charge in [0.05, 0.1) is 5.52 Å². The van der Waals surface area contributed by atoms with Crippen LogP contribution in [0, 0.1) is 12.7 Å². The molecule has 26 heavy (non-hydrogen) atoms. The van der Waals surface area contributed by atoms with Crippen LogP contribution in [0.4, 0.5) is 10.3 Å². The molecule has 3 aromatic rings. The van der Waals surface area contributed by atoms with Crippen molar-refractivity contribution in [3.05, 3.63) is 41.8 Å². The molecule has 1 atom stereocenters. The Morgan fingerprint density at radius 1 is 1.31 bits per heavy atom. The number of nitrogens with zero attached hydrogens (tertiary/aromatic N) is 4. The average molecular weight is 355 g/mol. The molecule has 0 spiro atoms. The zero-order valence-electron chi connectivity index (χ0n) is 14.9. The van der Waals surface area contributed by atoms with Crippen LogP contribution in [0.15, 0.2) is 30.5 Å². The number of aryl methyl sites for hydroxylation is 1. The Hall–Kier alpha value is -2.67. The maximum Gasteiger partial charge on any atom is 0.228 e. The number of likely N-dealkylation sites (N-methyl/N-ethyl adjacent to an activating group) is 1. The maximum absolute atomic E-state index is 14.0. The Bertz CT molecular complexity index is 954. The van der Waals surface area contributed by atoms with Gasteiger partial charge in [-0.15, -0.1) is 10.2 Å². The summed E-state index contributed by atoms with van der Waals surface area (Å²) in [4.78, 5) is 2.29. The first-order chi connectivity index (χ1) is 12.5. The molecule has 1 aliphatic heterocycles. The highest BCUT2D eigenvalue weighted by Crippen LogP contribution is 2.33. The van der Waals surface area contributed by atoms with E-state index in [1.54, 1.807) is 6.92 Å². The summed E-state index contributed by atoms with van der Waals surface area (Å²) in [5.41, 5.74) is 1.96. The molecule has 1 aromatic carbocycles. The van der Waals surface area contributed by atoms with Gasteiger partial charge in [-0.25, -0.2) is 4.39 Å². The number of nitrogens with one attached hydrogen (secondary N) is 1. The molecule has 0 saturated carbocycles. The Balaban J connectivity index is 1.73. The first-order valence-electron chi connectivity index (χ1n) is 8.81. The van der Waals surface area contributed by atoms with E-state index in [0.717, 1.165) is 31.4 Å². The van der Waals surface area contributed by atoms with E-state index in [1.165, 1.54) is 12.1 Å². The third kappa shape index (κ3) is 2.99. The Morgan fingerprint density at radius 2 is 2.15 bits per heavy atom. The zero-order chi connectivity index (χ0) is 18.3. The fraction of sp³-hybridized carbons (Fsp3) is 0.368. The summed E-state index contributed by atoms with van der Waals surface area (Å²) in [6.07, 6.45) is 4.12. The van der Waals surface area contributed by atoms with E-state index in [-0.39, 0.29) is 11.6 Å². The van der Waals surface area contributed by atoms with Crippen LogP contribution < -0.4 is 5.32 Å². The van der Waals surface area contributed by atoms with Crippen molar-refractivity contribution >= 4 is 11.5 Å². The molecule has 136 valence electrons. The smallest absolute Gasteiger partial charge is 0.228 e. The number of anilines is 1. The van der Waals surface area contributed by atoms with Gasteiger partial charge < -0.3 is 15.3 Å². The van der Waals surface area contributed by atoms with Crippen LogP contribution in [-0.4, -0.2) is 50.8 Å². The summed E-state index contributed by atoms with van der Waals surface area (Å²) < 4.78 is 15.9. The van der Waals surface area contributed by atoms with Gasteiger partial charge in [0.2, 0.25) is 5.95 Å².